The van der Waals surface area contributed by atoms with Gasteiger partial charge in [-0.25, -0.2) is 16.8 Å². The molecule has 7 nitrogen and oxygen atoms in total. The molecule has 0 N–H and O–H groups in total. The van der Waals surface area contributed by atoms with Gasteiger partial charge in [-0.1, -0.05) is 12.8 Å². The monoisotopic (exact) mass is 398 g/mol. The van der Waals surface area contributed by atoms with Crippen LogP contribution in [-0.2, 0) is 20.5 Å². The first-order chi connectivity index (χ1) is 11.5. The number of sulfone groups is 1. The van der Waals surface area contributed by atoms with Gasteiger partial charge in [0, 0.05) is 0 Å². The molecule has 0 amide bonds. The van der Waals surface area contributed by atoms with E-state index in [0.29, 0.717) is 12.8 Å². The van der Waals surface area contributed by atoms with E-state index in [9.17, 15) is 35.5 Å². The summed E-state index contributed by atoms with van der Waals surface area (Å²) < 4.78 is 86.8. The van der Waals surface area contributed by atoms with Crippen molar-refractivity contribution >= 4 is 25.6 Å². The van der Waals surface area contributed by atoms with Gasteiger partial charge in [0.2, 0.25) is 0 Å². The van der Waals surface area contributed by atoms with Crippen LogP contribution in [0.4, 0.5) is 13.2 Å². The van der Waals surface area contributed by atoms with Gasteiger partial charge in [0.15, 0.2) is 15.5 Å². The molecule has 1 aliphatic carbocycles. The Kier molecular flexibility index (Phi) is 5.26. The molecule has 0 aliphatic heterocycles. The van der Waals surface area contributed by atoms with Crippen LogP contribution >= 0.6 is 0 Å². The van der Waals surface area contributed by atoms with Crippen LogP contribution in [0.25, 0.3) is 5.53 Å². The molecule has 25 heavy (non-hydrogen) atoms. The quantitative estimate of drug-likeness (QED) is 0.274. The van der Waals surface area contributed by atoms with Crippen molar-refractivity contribution in [1.29, 1.82) is 0 Å². The normalized spacial score (nSPS) is 17.3. The second-order valence-electron chi connectivity index (χ2n) is 5.42. The summed E-state index contributed by atoms with van der Waals surface area (Å²) in [4.78, 5) is 2.23. The van der Waals surface area contributed by atoms with Gasteiger partial charge < -0.3 is 10.3 Å². The molecule has 1 aromatic rings. The molecule has 0 atom stereocenters. The summed E-state index contributed by atoms with van der Waals surface area (Å²) in [6.07, 6.45) is -4.08. The Balaban J connectivity index is 2.45. The van der Waals surface area contributed by atoms with E-state index in [2.05, 4.69) is 9.53 Å². The molecule has 0 saturated heterocycles. The van der Waals surface area contributed by atoms with Crippen molar-refractivity contribution in [2.45, 2.75) is 41.7 Å². The van der Waals surface area contributed by atoms with Gasteiger partial charge in [0.1, 0.15) is 5.75 Å². The fraction of sp³-hybridized carbons (Fsp3) is 0.462. The first-order valence-electron chi connectivity index (χ1n) is 7.01. The first-order valence-corrected chi connectivity index (χ1v) is 9.67. The predicted octanol–water partition coefficient (Wildman–Crippen LogP) is 1.91. The van der Waals surface area contributed by atoms with E-state index in [4.69, 9.17) is 0 Å². The maximum Gasteiger partial charge on any atom is 0.573 e. The second kappa shape index (κ2) is 6.77. The van der Waals surface area contributed by atoms with Crippen LogP contribution in [0.5, 0.6) is 5.75 Å². The molecule has 2 rings (SSSR count). The van der Waals surface area contributed by atoms with E-state index in [-0.39, 0.29) is 12.8 Å². The summed E-state index contributed by atoms with van der Waals surface area (Å²) in [5.74, 6) is -0.639. The molecule has 12 heteroatoms. The zero-order chi connectivity index (χ0) is 18.9. The highest BCUT2D eigenvalue weighted by atomic mass is 32.2. The van der Waals surface area contributed by atoms with Crippen LogP contribution in [0.3, 0.4) is 0 Å². The number of nitrogens with zero attached hydrogens (tertiary/aromatic N) is 2. The summed E-state index contributed by atoms with van der Waals surface area (Å²) in [6.45, 7) is 0. The molecule has 1 aliphatic rings. The standard InChI is InChI=1S/C13H13F3N2O5S2/c14-13(15,16)23-9-3-5-10(6-4-9)25(21,22)11(18-17)12(24(19)20)7-1-2-8-12/h3-6,24H,1-2,7-8H2. The van der Waals surface area contributed by atoms with Crippen molar-refractivity contribution in [3.05, 3.63) is 29.8 Å². The fourth-order valence-electron chi connectivity index (χ4n) is 2.76. The highest BCUT2D eigenvalue weighted by Crippen LogP contribution is 2.37. The van der Waals surface area contributed by atoms with E-state index >= 15 is 0 Å². The molecular weight excluding hydrogens is 385 g/mol. The van der Waals surface area contributed by atoms with Gasteiger partial charge in [-0.05, 0) is 37.1 Å². The zero-order valence-electron chi connectivity index (χ0n) is 12.6. The van der Waals surface area contributed by atoms with E-state index in [1.807, 2.05) is 0 Å². The Morgan fingerprint density at radius 2 is 1.68 bits per heavy atom. The summed E-state index contributed by atoms with van der Waals surface area (Å²) in [7, 11) is -7.77. The minimum Gasteiger partial charge on any atom is -0.406 e. The van der Waals surface area contributed by atoms with Crippen LogP contribution < -0.4 is 4.74 Å². The van der Waals surface area contributed by atoms with E-state index in [1.54, 1.807) is 0 Å². The average Bonchev–Trinajstić information content (AvgIpc) is 2.97. The van der Waals surface area contributed by atoms with E-state index in [1.165, 1.54) is 0 Å². The van der Waals surface area contributed by atoms with Gasteiger partial charge in [0.25, 0.3) is 9.84 Å². The number of benzene rings is 1. The van der Waals surface area contributed by atoms with Crippen molar-refractivity contribution < 1.29 is 39.5 Å². The number of hydrogen-bond donors (Lipinski definition) is 1. The molecule has 1 saturated carbocycles. The number of rotatable bonds is 4. The van der Waals surface area contributed by atoms with Gasteiger partial charge in [-0.15, -0.1) is 13.2 Å². The summed E-state index contributed by atoms with van der Waals surface area (Å²) >= 11 is 0. The lowest BCUT2D eigenvalue weighted by molar-refractivity contribution is -0.274. The Labute approximate surface area is 142 Å². The Morgan fingerprint density at radius 1 is 1.16 bits per heavy atom. The van der Waals surface area contributed by atoms with Crippen LogP contribution in [0.15, 0.2) is 29.2 Å². The third-order valence-corrected chi connectivity index (χ3v) is 7.27. The zero-order valence-corrected chi connectivity index (χ0v) is 14.3. The highest BCUT2D eigenvalue weighted by molar-refractivity contribution is 8.07. The van der Waals surface area contributed by atoms with Crippen molar-refractivity contribution in [3.63, 3.8) is 0 Å². The maximum absolute atomic E-state index is 12.6. The smallest absolute Gasteiger partial charge is 0.406 e. The van der Waals surface area contributed by atoms with Crippen molar-refractivity contribution in [2.24, 2.45) is 0 Å². The fourth-order valence-corrected chi connectivity index (χ4v) is 5.76. The minimum atomic E-state index is -4.94. The topological polar surface area (TPSA) is 114 Å². The first kappa shape index (κ1) is 19.4. The molecule has 0 spiro atoms. The molecule has 0 heterocycles. The summed E-state index contributed by atoms with van der Waals surface area (Å²) in [6, 6.07) is 3.19. The number of hydrogen-bond acceptors (Lipinski definition) is 5. The third kappa shape index (κ3) is 3.86. The van der Waals surface area contributed by atoms with Gasteiger partial charge in [0.05, 0.1) is 4.90 Å². The molecule has 138 valence electrons. The lowest BCUT2D eigenvalue weighted by Gasteiger charge is -2.16. The Morgan fingerprint density at radius 3 is 2.08 bits per heavy atom. The maximum atomic E-state index is 12.6. The van der Waals surface area contributed by atoms with Gasteiger partial charge >= 0.3 is 11.4 Å². The largest absolute Gasteiger partial charge is 0.573 e. The predicted molar refractivity (Wildman–Crippen MR) is 80.5 cm³/mol. The minimum absolute atomic E-state index is 0.0143. The van der Waals surface area contributed by atoms with Gasteiger partial charge in [-0.2, -0.15) is 4.79 Å². The Bertz CT molecular complexity index is 871. The number of alkyl halides is 3. The molecule has 0 bridgehead atoms. The number of ether oxygens (including phenoxy) is 1. The van der Waals surface area contributed by atoms with Crippen LogP contribution in [0.1, 0.15) is 25.7 Å². The lowest BCUT2D eigenvalue weighted by Crippen LogP contribution is -2.43. The molecule has 0 aromatic heterocycles. The highest BCUT2D eigenvalue weighted by Gasteiger charge is 2.55. The summed E-state index contributed by atoms with van der Waals surface area (Å²) in [5, 5.41) is -0.918. The van der Waals surface area contributed by atoms with E-state index in [0.717, 1.165) is 24.3 Å². The SMILES string of the molecule is [N-]=[N+]=C(C1([SH](=O)=O)CCCC1)S(=O)(=O)c1ccc(OC(F)(F)F)cc1. The van der Waals surface area contributed by atoms with Crippen molar-refractivity contribution in [2.75, 3.05) is 0 Å². The molecule has 1 fully saturated rings. The average molecular weight is 398 g/mol. The molecule has 1 aromatic carbocycles. The molecular formula is C13H13F3N2O5S2. The van der Waals surface area contributed by atoms with Crippen molar-refractivity contribution in [1.82, 2.24) is 0 Å². The third-order valence-electron chi connectivity index (χ3n) is 3.89. The van der Waals surface area contributed by atoms with Gasteiger partial charge in [-0.3, -0.25) is 0 Å². The lowest BCUT2D eigenvalue weighted by atomic mass is 10.1. The van der Waals surface area contributed by atoms with Crippen LogP contribution in [-0.4, -0.2) is 37.8 Å². The number of thiol groups is 1. The molecule has 0 radical (unpaired) electrons. The van der Waals surface area contributed by atoms with Crippen LogP contribution in [0, 0.1) is 0 Å². The van der Waals surface area contributed by atoms with Crippen molar-refractivity contribution in [3.8, 4) is 5.75 Å². The Hall–Kier alpha value is -1.91. The van der Waals surface area contributed by atoms with Crippen LogP contribution in [0.2, 0.25) is 0 Å². The molecule has 0 unspecified atom stereocenters. The number of halogens is 3. The summed E-state index contributed by atoms with van der Waals surface area (Å²) in [5.41, 5.74) is 9.17. The second-order valence-corrected chi connectivity index (χ2v) is 8.66. The van der Waals surface area contributed by atoms with E-state index < -0.39 is 47.3 Å².